The fourth-order valence-electron chi connectivity index (χ4n) is 2.24. The molecule has 9 heteroatoms. The summed E-state index contributed by atoms with van der Waals surface area (Å²) in [5, 5.41) is 4.10. The van der Waals surface area contributed by atoms with Gasteiger partial charge in [-0.25, -0.2) is 14.0 Å². The Kier molecular flexibility index (Phi) is 5.85. The van der Waals surface area contributed by atoms with Crippen LogP contribution in [0.25, 0.3) is 6.08 Å². The molecule has 0 saturated carbocycles. The molecule has 1 heterocycles. The molecular weight excluding hydrogens is 371 g/mol. The molecule has 0 saturated heterocycles. The molecule has 0 bridgehead atoms. The number of nitrogens with one attached hydrogen (secondary N) is 2. The van der Waals surface area contributed by atoms with E-state index in [1.807, 2.05) is 5.32 Å². The molecule has 1 aliphatic rings. The maximum atomic E-state index is 13.4. The van der Waals surface area contributed by atoms with Gasteiger partial charge in [-0.1, -0.05) is 18.2 Å². The highest BCUT2D eigenvalue weighted by molar-refractivity contribution is 6.02. The number of hydrogen-bond acceptors (Lipinski definition) is 6. The van der Waals surface area contributed by atoms with Crippen molar-refractivity contribution in [3.05, 3.63) is 59.9 Å². The Morgan fingerprint density at radius 1 is 1.11 bits per heavy atom. The van der Waals surface area contributed by atoms with E-state index in [1.54, 1.807) is 18.2 Å². The zero-order valence-electron chi connectivity index (χ0n) is 14.4. The number of anilines is 1. The van der Waals surface area contributed by atoms with Crippen LogP contribution in [0.3, 0.4) is 0 Å². The first kappa shape index (κ1) is 18.9. The molecule has 1 aliphatic heterocycles. The summed E-state index contributed by atoms with van der Waals surface area (Å²) in [7, 11) is 0. The number of benzene rings is 2. The minimum Gasteiger partial charge on any atom is -0.454 e. The number of imide groups is 1. The van der Waals surface area contributed by atoms with Crippen molar-refractivity contribution in [2.24, 2.45) is 0 Å². The average molecular weight is 386 g/mol. The molecule has 8 nitrogen and oxygen atoms in total. The highest BCUT2D eigenvalue weighted by Gasteiger charge is 2.13. The minimum atomic E-state index is -0.943. The third kappa shape index (κ3) is 5.07. The van der Waals surface area contributed by atoms with Crippen LogP contribution in [0, 0.1) is 5.82 Å². The van der Waals surface area contributed by atoms with E-state index in [2.05, 4.69) is 5.32 Å². The van der Waals surface area contributed by atoms with Gasteiger partial charge in [0.05, 0.1) is 5.69 Å². The molecule has 3 amide bonds. The van der Waals surface area contributed by atoms with Gasteiger partial charge in [0.15, 0.2) is 18.1 Å². The van der Waals surface area contributed by atoms with Gasteiger partial charge in [-0.15, -0.1) is 0 Å². The van der Waals surface area contributed by atoms with Crippen LogP contribution < -0.4 is 20.1 Å². The lowest BCUT2D eigenvalue weighted by Crippen LogP contribution is -2.37. The predicted octanol–water partition coefficient (Wildman–Crippen LogP) is 2.46. The van der Waals surface area contributed by atoms with E-state index in [0.29, 0.717) is 17.1 Å². The number of para-hydroxylation sites is 1. The van der Waals surface area contributed by atoms with Gasteiger partial charge >= 0.3 is 12.0 Å². The van der Waals surface area contributed by atoms with E-state index in [9.17, 15) is 18.8 Å². The maximum absolute atomic E-state index is 13.4. The van der Waals surface area contributed by atoms with Crippen molar-refractivity contribution in [1.29, 1.82) is 0 Å². The lowest BCUT2D eigenvalue weighted by Gasteiger charge is -2.07. The van der Waals surface area contributed by atoms with E-state index < -0.39 is 30.3 Å². The van der Waals surface area contributed by atoms with Gasteiger partial charge in [-0.3, -0.25) is 10.1 Å². The Morgan fingerprint density at radius 2 is 1.89 bits per heavy atom. The SMILES string of the molecule is O=C(COC(=O)/C=C/c1ccc2c(c1)OCO2)NC(=O)Nc1ccccc1F. The van der Waals surface area contributed by atoms with Gasteiger partial charge in [0, 0.05) is 6.08 Å². The standard InChI is InChI=1S/C19H15FN2O6/c20-13-3-1-2-4-14(13)21-19(25)22-17(23)10-26-18(24)8-6-12-5-7-15-16(9-12)28-11-27-15/h1-9H,10-11H2,(H2,21,22,23,25)/b8-6+. The van der Waals surface area contributed by atoms with Crippen molar-refractivity contribution in [1.82, 2.24) is 5.32 Å². The minimum absolute atomic E-state index is 0.0866. The molecule has 0 unspecified atom stereocenters. The predicted molar refractivity (Wildman–Crippen MR) is 96.1 cm³/mol. The van der Waals surface area contributed by atoms with Crippen molar-refractivity contribution in [3.63, 3.8) is 0 Å². The Labute approximate surface area is 158 Å². The maximum Gasteiger partial charge on any atom is 0.331 e. The van der Waals surface area contributed by atoms with E-state index >= 15 is 0 Å². The monoisotopic (exact) mass is 386 g/mol. The van der Waals surface area contributed by atoms with Crippen LogP contribution in [0.2, 0.25) is 0 Å². The number of ether oxygens (including phenoxy) is 3. The first-order chi connectivity index (χ1) is 13.5. The van der Waals surface area contributed by atoms with Gasteiger partial charge in [-0.05, 0) is 35.9 Å². The second-order valence-corrected chi connectivity index (χ2v) is 5.54. The molecule has 0 atom stereocenters. The molecule has 0 aliphatic carbocycles. The Bertz CT molecular complexity index is 944. The van der Waals surface area contributed by atoms with Crippen molar-refractivity contribution in [2.45, 2.75) is 0 Å². The molecule has 0 fully saturated rings. The molecular formula is C19H15FN2O6. The molecule has 0 radical (unpaired) electrons. The van der Waals surface area contributed by atoms with Crippen molar-refractivity contribution >= 4 is 29.7 Å². The van der Waals surface area contributed by atoms with Crippen molar-refractivity contribution < 1.29 is 33.0 Å². The Hall–Kier alpha value is -3.88. The van der Waals surface area contributed by atoms with Gasteiger partial charge in [-0.2, -0.15) is 0 Å². The number of carbonyl (C=O) groups is 3. The number of urea groups is 1. The molecule has 2 aromatic rings. The van der Waals surface area contributed by atoms with E-state index in [-0.39, 0.29) is 12.5 Å². The summed E-state index contributed by atoms with van der Waals surface area (Å²) < 4.78 is 28.6. The van der Waals surface area contributed by atoms with Crippen LogP contribution in [0.15, 0.2) is 48.5 Å². The summed E-state index contributed by atoms with van der Waals surface area (Å²) in [6.07, 6.45) is 2.61. The quantitative estimate of drug-likeness (QED) is 0.605. The second kappa shape index (κ2) is 8.67. The Balaban J connectivity index is 1.43. The van der Waals surface area contributed by atoms with Crippen molar-refractivity contribution in [3.8, 4) is 11.5 Å². The highest BCUT2D eigenvalue weighted by atomic mass is 19.1. The number of hydrogen-bond donors (Lipinski definition) is 2. The van der Waals surface area contributed by atoms with Crippen LogP contribution >= 0.6 is 0 Å². The summed E-state index contributed by atoms with van der Waals surface area (Å²) in [6, 6.07) is 9.64. The number of fused-ring (bicyclic) bond motifs is 1. The summed E-state index contributed by atoms with van der Waals surface area (Å²) in [6.45, 7) is -0.529. The molecule has 0 aromatic heterocycles. The summed E-state index contributed by atoms with van der Waals surface area (Å²) in [5.74, 6) is -1.10. The van der Waals surface area contributed by atoms with E-state index in [0.717, 1.165) is 12.1 Å². The number of halogens is 1. The van der Waals surface area contributed by atoms with E-state index in [1.165, 1.54) is 24.3 Å². The molecule has 144 valence electrons. The largest absolute Gasteiger partial charge is 0.454 e. The fourth-order valence-corrected chi connectivity index (χ4v) is 2.24. The molecule has 3 rings (SSSR count). The topological polar surface area (TPSA) is 103 Å². The van der Waals surface area contributed by atoms with Crippen molar-refractivity contribution in [2.75, 3.05) is 18.7 Å². The lowest BCUT2D eigenvalue weighted by atomic mass is 10.2. The lowest BCUT2D eigenvalue weighted by molar-refractivity contribution is -0.143. The number of carbonyl (C=O) groups excluding carboxylic acids is 3. The highest BCUT2D eigenvalue weighted by Crippen LogP contribution is 2.32. The van der Waals surface area contributed by atoms with Crippen LogP contribution in [-0.4, -0.2) is 31.3 Å². The fraction of sp³-hybridized carbons (Fsp3) is 0.105. The third-order valence-corrected chi connectivity index (χ3v) is 3.53. The molecule has 0 spiro atoms. The number of esters is 1. The van der Waals surface area contributed by atoms with Gasteiger partial charge in [0.2, 0.25) is 6.79 Å². The summed E-state index contributed by atoms with van der Waals surface area (Å²) in [4.78, 5) is 35.0. The van der Waals surface area contributed by atoms with Gasteiger partial charge in [0.25, 0.3) is 5.91 Å². The molecule has 28 heavy (non-hydrogen) atoms. The van der Waals surface area contributed by atoms with Gasteiger partial charge < -0.3 is 19.5 Å². The zero-order chi connectivity index (χ0) is 19.9. The zero-order valence-corrected chi connectivity index (χ0v) is 14.4. The van der Waals surface area contributed by atoms with Gasteiger partial charge in [0.1, 0.15) is 5.82 Å². The van der Waals surface area contributed by atoms with Crippen LogP contribution in [0.5, 0.6) is 11.5 Å². The summed E-state index contributed by atoms with van der Waals surface area (Å²) >= 11 is 0. The molecule has 2 aromatic carbocycles. The number of rotatable bonds is 5. The van der Waals surface area contributed by atoms with Crippen LogP contribution in [0.1, 0.15) is 5.56 Å². The smallest absolute Gasteiger partial charge is 0.331 e. The van der Waals surface area contributed by atoms with Crippen LogP contribution in [-0.2, 0) is 14.3 Å². The van der Waals surface area contributed by atoms with Crippen LogP contribution in [0.4, 0.5) is 14.9 Å². The van der Waals surface area contributed by atoms with E-state index in [4.69, 9.17) is 14.2 Å². The normalized spacial score (nSPS) is 11.9. The second-order valence-electron chi connectivity index (χ2n) is 5.54. The third-order valence-electron chi connectivity index (χ3n) is 3.53. The first-order valence-corrected chi connectivity index (χ1v) is 8.11. The molecule has 2 N–H and O–H groups in total. The Morgan fingerprint density at radius 3 is 2.71 bits per heavy atom. The first-order valence-electron chi connectivity index (χ1n) is 8.11. The number of amides is 3. The average Bonchev–Trinajstić information content (AvgIpc) is 3.14. The summed E-state index contributed by atoms with van der Waals surface area (Å²) in [5.41, 5.74) is 0.589.